The predicted molar refractivity (Wildman–Crippen MR) is 121 cm³/mol. The second kappa shape index (κ2) is 9.63. The van der Waals surface area contributed by atoms with Crippen molar-refractivity contribution in [1.82, 2.24) is 30.2 Å². The minimum absolute atomic E-state index is 0.184. The number of rotatable bonds is 5. The Hall–Kier alpha value is -2.89. The zero-order valence-corrected chi connectivity index (χ0v) is 20.4. The van der Waals surface area contributed by atoms with E-state index >= 15 is 0 Å². The average molecular weight is 495 g/mol. The molecule has 1 saturated heterocycles. The Morgan fingerprint density at radius 2 is 1.97 bits per heavy atom. The molecule has 12 heteroatoms. The van der Waals surface area contributed by atoms with Crippen molar-refractivity contribution in [2.24, 2.45) is 11.8 Å². The van der Waals surface area contributed by atoms with E-state index in [9.17, 15) is 18.4 Å². The number of nitrogens with zero attached hydrogens (tertiary/aromatic N) is 4. The Balaban J connectivity index is 1.61. The van der Waals surface area contributed by atoms with E-state index in [4.69, 9.17) is 9.47 Å². The number of carbonyl (C=O) groups excluding carboxylic acids is 2. The Morgan fingerprint density at radius 1 is 1.26 bits per heavy atom. The number of nitrogens with one attached hydrogen (secondary N) is 2. The fourth-order valence-corrected chi connectivity index (χ4v) is 4.76. The van der Waals surface area contributed by atoms with Gasteiger partial charge in [-0.05, 0) is 39.5 Å². The summed E-state index contributed by atoms with van der Waals surface area (Å²) in [6.07, 6.45) is 2.54. The molecule has 10 nitrogen and oxygen atoms in total. The van der Waals surface area contributed by atoms with E-state index in [1.807, 2.05) is 0 Å². The monoisotopic (exact) mass is 494 g/mol. The molecule has 1 aliphatic carbocycles. The first kappa shape index (κ1) is 25.2. The molecule has 1 amide bonds. The summed E-state index contributed by atoms with van der Waals surface area (Å²) >= 11 is 0. The maximum atomic E-state index is 13.8. The summed E-state index contributed by atoms with van der Waals surface area (Å²) in [6.45, 7) is 6.31. The highest BCUT2D eigenvalue weighted by Crippen LogP contribution is 2.41. The number of amides is 1. The summed E-state index contributed by atoms with van der Waals surface area (Å²) < 4.78 is 39.5. The number of esters is 1. The van der Waals surface area contributed by atoms with Crippen molar-refractivity contribution >= 4 is 17.7 Å². The summed E-state index contributed by atoms with van der Waals surface area (Å²) in [7, 11) is 1.36. The van der Waals surface area contributed by atoms with Crippen molar-refractivity contribution in [2.45, 2.75) is 69.9 Å². The zero-order chi connectivity index (χ0) is 25.4. The lowest BCUT2D eigenvalue weighted by Gasteiger charge is -2.33. The van der Waals surface area contributed by atoms with Crippen LogP contribution >= 0.6 is 0 Å². The van der Waals surface area contributed by atoms with Crippen molar-refractivity contribution in [1.29, 1.82) is 0 Å². The number of hydrogen-bond acceptors (Lipinski definition) is 8. The maximum absolute atomic E-state index is 13.8. The third kappa shape index (κ3) is 5.85. The van der Waals surface area contributed by atoms with Crippen LogP contribution in [0.25, 0.3) is 5.65 Å². The van der Waals surface area contributed by atoms with Crippen LogP contribution in [0.2, 0.25) is 0 Å². The molecule has 1 aliphatic heterocycles. The lowest BCUT2D eigenvalue weighted by atomic mass is 9.82. The average Bonchev–Trinajstić information content (AvgIpc) is 3.42. The topological polar surface area (TPSA) is 120 Å². The van der Waals surface area contributed by atoms with Crippen LogP contribution in [0.1, 0.15) is 69.9 Å². The van der Waals surface area contributed by atoms with Crippen LogP contribution in [0.5, 0.6) is 0 Å². The highest BCUT2D eigenvalue weighted by atomic mass is 19.3. The molecule has 2 aromatic heterocycles. The van der Waals surface area contributed by atoms with Gasteiger partial charge in [0.1, 0.15) is 5.60 Å². The Kier molecular flexibility index (Phi) is 6.94. The molecule has 3 atom stereocenters. The van der Waals surface area contributed by atoms with Crippen LogP contribution < -0.4 is 10.6 Å². The summed E-state index contributed by atoms with van der Waals surface area (Å²) in [4.78, 5) is 33.7. The van der Waals surface area contributed by atoms with E-state index in [0.717, 1.165) is 0 Å². The highest BCUT2D eigenvalue weighted by molar-refractivity contribution is 5.74. The standard InChI is InChI=1S/C23H32F2N6O4/c1-22(2,3)35-21(33)29-18(13-5-7-23(24,25)8-6-13)19-28-17-11-27-16(12-31(17)30-19)14-9-26-10-15(14)20(32)34-4/h11-15,18,26H,5-10H2,1-4H3,(H,29,33)/t14?,15?,18-/m0/s1. The Labute approximate surface area is 202 Å². The first-order chi connectivity index (χ1) is 16.5. The summed E-state index contributed by atoms with van der Waals surface area (Å²) in [5.74, 6) is -3.52. The van der Waals surface area contributed by atoms with Crippen LogP contribution in [0.3, 0.4) is 0 Å². The van der Waals surface area contributed by atoms with E-state index in [1.54, 1.807) is 37.7 Å². The molecule has 4 rings (SSSR count). The van der Waals surface area contributed by atoms with E-state index in [0.29, 0.717) is 30.3 Å². The molecule has 0 bridgehead atoms. The molecular formula is C23H32F2N6O4. The summed E-state index contributed by atoms with van der Waals surface area (Å²) in [5.41, 5.74) is 0.384. The van der Waals surface area contributed by atoms with Gasteiger partial charge >= 0.3 is 12.1 Å². The van der Waals surface area contributed by atoms with Crippen LogP contribution in [-0.2, 0) is 14.3 Å². The largest absolute Gasteiger partial charge is 0.469 e. The molecule has 2 N–H and O–H groups in total. The number of fused-ring (bicyclic) bond motifs is 1. The van der Waals surface area contributed by atoms with Gasteiger partial charge in [0, 0.05) is 31.8 Å². The van der Waals surface area contributed by atoms with Crippen molar-refractivity contribution in [2.75, 3.05) is 20.2 Å². The Morgan fingerprint density at radius 3 is 2.63 bits per heavy atom. The van der Waals surface area contributed by atoms with Gasteiger partial charge in [-0.15, -0.1) is 5.10 Å². The molecule has 0 spiro atoms. The van der Waals surface area contributed by atoms with Crippen molar-refractivity contribution in [3.63, 3.8) is 0 Å². The van der Waals surface area contributed by atoms with Crippen molar-refractivity contribution in [3.05, 3.63) is 23.9 Å². The van der Waals surface area contributed by atoms with E-state index < -0.39 is 23.7 Å². The van der Waals surface area contributed by atoms with E-state index in [2.05, 4.69) is 25.7 Å². The highest BCUT2D eigenvalue weighted by Gasteiger charge is 2.40. The van der Waals surface area contributed by atoms with Crippen LogP contribution in [0, 0.1) is 11.8 Å². The molecule has 1 saturated carbocycles. The second-order valence-electron chi connectivity index (χ2n) is 10.3. The first-order valence-corrected chi connectivity index (χ1v) is 11.8. The molecular weight excluding hydrogens is 462 g/mol. The minimum Gasteiger partial charge on any atom is -0.469 e. The summed E-state index contributed by atoms with van der Waals surface area (Å²) in [6, 6.07) is -0.694. The third-order valence-corrected chi connectivity index (χ3v) is 6.54. The minimum atomic E-state index is -2.70. The molecule has 0 aromatic carbocycles. The van der Waals surface area contributed by atoms with Crippen LogP contribution in [0.15, 0.2) is 12.4 Å². The van der Waals surface area contributed by atoms with Gasteiger partial charge in [-0.1, -0.05) is 0 Å². The number of alkyl carbamates (subject to hydrolysis) is 1. The van der Waals surface area contributed by atoms with Crippen LogP contribution in [-0.4, -0.2) is 63.4 Å². The Bertz CT molecular complexity index is 1080. The van der Waals surface area contributed by atoms with E-state index in [1.165, 1.54) is 7.11 Å². The smallest absolute Gasteiger partial charge is 0.408 e. The molecule has 2 aromatic rings. The predicted octanol–water partition coefficient (Wildman–Crippen LogP) is 2.99. The van der Waals surface area contributed by atoms with Gasteiger partial charge in [0.2, 0.25) is 5.92 Å². The van der Waals surface area contributed by atoms with Crippen molar-refractivity contribution < 1.29 is 27.8 Å². The molecule has 3 heterocycles. The second-order valence-corrected chi connectivity index (χ2v) is 10.3. The molecule has 35 heavy (non-hydrogen) atoms. The fraction of sp³-hybridized carbons (Fsp3) is 0.696. The van der Waals surface area contributed by atoms with Crippen LogP contribution in [0.4, 0.5) is 13.6 Å². The summed E-state index contributed by atoms with van der Waals surface area (Å²) in [5, 5.41) is 10.6. The lowest BCUT2D eigenvalue weighted by Crippen LogP contribution is -2.40. The number of hydrogen-bond donors (Lipinski definition) is 2. The number of alkyl halides is 2. The zero-order valence-electron chi connectivity index (χ0n) is 20.4. The fourth-order valence-electron chi connectivity index (χ4n) is 4.76. The van der Waals surface area contributed by atoms with E-state index in [-0.39, 0.29) is 49.4 Å². The first-order valence-electron chi connectivity index (χ1n) is 11.8. The molecule has 2 unspecified atom stereocenters. The lowest BCUT2D eigenvalue weighted by molar-refractivity contribution is -0.145. The normalized spacial score (nSPS) is 23.7. The third-order valence-electron chi connectivity index (χ3n) is 6.54. The SMILES string of the molecule is COC(=O)C1CNCC1c1cn2nc([C@@H](NC(=O)OC(C)(C)C)C3CCC(F)(F)CC3)nc2cn1. The number of methoxy groups -OCH3 is 1. The van der Waals surface area contributed by atoms with Gasteiger partial charge in [0.05, 0.1) is 37.2 Å². The maximum Gasteiger partial charge on any atom is 0.408 e. The molecule has 2 aliphatic rings. The number of ether oxygens (including phenoxy) is 2. The molecule has 0 radical (unpaired) electrons. The van der Waals surface area contributed by atoms with Gasteiger partial charge in [0.25, 0.3) is 0 Å². The molecule has 192 valence electrons. The molecule has 2 fully saturated rings. The van der Waals surface area contributed by atoms with Crippen molar-refractivity contribution in [3.8, 4) is 0 Å². The van der Waals surface area contributed by atoms with Gasteiger partial charge in [-0.2, -0.15) is 0 Å². The van der Waals surface area contributed by atoms with Gasteiger partial charge in [-0.3, -0.25) is 9.78 Å². The van der Waals surface area contributed by atoms with Gasteiger partial charge < -0.3 is 20.1 Å². The number of aromatic nitrogens is 4. The van der Waals surface area contributed by atoms with Gasteiger partial charge in [-0.25, -0.2) is 23.1 Å². The number of halogens is 2. The van der Waals surface area contributed by atoms with Gasteiger partial charge in [0.15, 0.2) is 11.5 Å². The number of carbonyl (C=O) groups is 2. The quantitative estimate of drug-likeness (QED) is 0.609.